The van der Waals surface area contributed by atoms with Crippen LogP contribution in [-0.2, 0) is 11.2 Å². The van der Waals surface area contributed by atoms with Gasteiger partial charge in [0.15, 0.2) is 0 Å². The first-order chi connectivity index (χ1) is 10.1. The van der Waals surface area contributed by atoms with E-state index in [-0.39, 0.29) is 5.69 Å². The van der Waals surface area contributed by atoms with Gasteiger partial charge in [0.1, 0.15) is 0 Å². The third-order valence-electron chi connectivity index (χ3n) is 2.62. The van der Waals surface area contributed by atoms with Gasteiger partial charge in [-0.15, -0.1) is 0 Å². The number of nitro groups is 1. The average molecular weight is 290 g/mol. The van der Waals surface area contributed by atoms with Crippen molar-refractivity contribution in [3.05, 3.63) is 64.8 Å². The summed E-state index contributed by atoms with van der Waals surface area (Å²) in [6, 6.07) is 6.23. The van der Waals surface area contributed by atoms with Gasteiger partial charge in [-0.1, -0.05) is 36.9 Å². The first-order valence-electron chi connectivity index (χ1n) is 6.55. The van der Waals surface area contributed by atoms with Crippen molar-refractivity contribution in [1.82, 2.24) is 5.32 Å². The first-order valence-corrected chi connectivity index (χ1v) is 6.55. The van der Waals surface area contributed by atoms with E-state index in [2.05, 4.69) is 11.9 Å². The second kappa shape index (κ2) is 9.30. The van der Waals surface area contributed by atoms with Gasteiger partial charge < -0.3 is 10.1 Å². The Hall–Kier alpha value is -2.63. The Labute approximate surface area is 123 Å². The molecule has 0 atom stereocenters. The summed E-state index contributed by atoms with van der Waals surface area (Å²) in [4.78, 5) is 21.4. The zero-order valence-electron chi connectivity index (χ0n) is 11.7. The number of carbonyl (C=O) groups is 1. The van der Waals surface area contributed by atoms with Crippen molar-refractivity contribution < 1.29 is 14.5 Å². The van der Waals surface area contributed by atoms with Crippen LogP contribution in [0, 0.1) is 10.1 Å². The third-order valence-corrected chi connectivity index (χ3v) is 2.62. The number of ether oxygens (including phenoxy) is 1. The molecule has 21 heavy (non-hydrogen) atoms. The van der Waals surface area contributed by atoms with Crippen molar-refractivity contribution in [3.8, 4) is 0 Å². The molecule has 6 nitrogen and oxygen atoms in total. The lowest BCUT2D eigenvalue weighted by Gasteiger charge is -2.06. The Bertz CT molecular complexity index is 509. The van der Waals surface area contributed by atoms with Gasteiger partial charge in [0.2, 0.25) is 0 Å². The largest absolute Gasteiger partial charge is 0.449 e. The molecule has 0 heterocycles. The molecule has 0 radical (unpaired) electrons. The summed E-state index contributed by atoms with van der Waals surface area (Å²) in [6.45, 7) is 4.26. The quantitative estimate of drug-likeness (QED) is 0.345. The number of carbonyl (C=O) groups excluding carboxylic acids is 1. The molecule has 1 aromatic carbocycles. The molecule has 6 heteroatoms. The zero-order valence-corrected chi connectivity index (χ0v) is 11.7. The van der Waals surface area contributed by atoms with Gasteiger partial charge in [-0.25, -0.2) is 4.79 Å². The number of benzene rings is 1. The molecular weight excluding hydrogens is 272 g/mol. The summed E-state index contributed by atoms with van der Waals surface area (Å²) in [5.41, 5.74) is 0.966. The molecule has 0 spiro atoms. The van der Waals surface area contributed by atoms with Crippen LogP contribution < -0.4 is 5.32 Å². The van der Waals surface area contributed by atoms with Crippen molar-refractivity contribution in [3.63, 3.8) is 0 Å². The summed E-state index contributed by atoms with van der Waals surface area (Å²) < 4.78 is 4.95. The lowest BCUT2D eigenvalue weighted by atomic mass is 10.1. The third kappa shape index (κ3) is 6.91. The Morgan fingerprint density at radius 3 is 2.71 bits per heavy atom. The van der Waals surface area contributed by atoms with Crippen LogP contribution in [0.3, 0.4) is 0 Å². The Morgan fingerprint density at radius 1 is 1.38 bits per heavy atom. The van der Waals surface area contributed by atoms with Crippen molar-refractivity contribution in [2.75, 3.05) is 13.2 Å². The number of rotatable bonds is 8. The highest BCUT2D eigenvalue weighted by Crippen LogP contribution is 2.11. The lowest BCUT2D eigenvalue weighted by molar-refractivity contribution is -0.384. The standard InChI is InChI=1S/C15H18N2O4/c1-2-3-4-5-12-21-15(18)16-11-10-13-6-8-14(9-7-13)17(19)20/h2-4,6-9H,1,5,10-12H2,(H,16,18)/b4-3+. The molecule has 0 saturated heterocycles. The fourth-order valence-electron chi connectivity index (χ4n) is 1.56. The summed E-state index contributed by atoms with van der Waals surface area (Å²) in [5.74, 6) is 0. The molecule has 0 aliphatic carbocycles. The highest BCUT2D eigenvalue weighted by Gasteiger charge is 2.04. The first kappa shape index (κ1) is 16.4. The zero-order chi connectivity index (χ0) is 15.5. The highest BCUT2D eigenvalue weighted by molar-refractivity contribution is 5.67. The maximum atomic E-state index is 11.3. The van der Waals surface area contributed by atoms with Crippen LogP contribution in [0.4, 0.5) is 10.5 Å². The molecule has 0 aliphatic rings. The molecule has 0 bridgehead atoms. The van der Waals surface area contributed by atoms with Gasteiger partial charge >= 0.3 is 6.09 Å². The molecule has 0 saturated carbocycles. The predicted molar refractivity (Wildman–Crippen MR) is 80.1 cm³/mol. The van der Waals surface area contributed by atoms with Gasteiger partial charge in [0, 0.05) is 18.7 Å². The topological polar surface area (TPSA) is 81.5 Å². The van der Waals surface area contributed by atoms with E-state index >= 15 is 0 Å². The highest BCUT2D eigenvalue weighted by atomic mass is 16.6. The maximum Gasteiger partial charge on any atom is 0.407 e. The van der Waals surface area contributed by atoms with Crippen LogP contribution in [0.2, 0.25) is 0 Å². The van der Waals surface area contributed by atoms with Gasteiger partial charge in [-0.05, 0) is 18.4 Å². The number of allylic oxidation sites excluding steroid dienone is 2. The molecule has 1 aromatic rings. The van der Waals surface area contributed by atoms with Crippen LogP contribution in [0.15, 0.2) is 49.1 Å². The fraction of sp³-hybridized carbons (Fsp3) is 0.267. The number of alkyl carbamates (subject to hydrolysis) is 1. The van der Waals surface area contributed by atoms with E-state index < -0.39 is 11.0 Å². The number of non-ortho nitro benzene ring substituents is 1. The molecule has 0 fully saturated rings. The minimum Gasteiger partial charge on any atom is -0.449 e. The van der Waals surface area contributed by atoms with E-state index in [1.54, 1.807) is 24.3 Å². The van der Waals surface area contributed by atoms with Crippen molar-refractivity contribution in [2.45, 2.75) is 12.8 Å². The molecule has 1 rings (SSSR count). The van der Waals surface area contributed by atoms with Gasteiger partial charge in [-0.2, -0.15) is 0 Å². The number of nitrogens with zero attached hydrogens (tertiary/aromatic N) is 1. The number of hydrogen-bond acceptors (Lipinski definition) is 4. The summed E-state index contributed by atoms with van der Waals surface area (Å²) in [6.07, 6.45) is 6.06. The van der Waals surface area contributed by atoms with Gasteiger partial charge in [-0.3, -0.25) is 10.1 Å². The molecule has 1 N–H and O–H groups in total. The van der Waals surface area contributed by atoms with Crippen molar-refractivity contribution >= 4 is 11.8 Å². The smallest absolute Gasteiger partial charge is 0.407 e. The molecule has 0 aromatic heterocycles. The Kier molecular flexibility index (Phi) is 7.28. The summed E-state index contributed by atoms with van der Waals surface area (Å²) >= 11 is 0. The van der Waals surface area contributed by atoms with Gasteiger partial charge in [0.25, 0.3) is 5.69 Å². The molecule has 0 unspecified atom stereocenters. The maximum absolute atomic E-state index is 11.3. The van der Waals surface area contributed by atoms with E-state index in [1.807, 2.05) is 6.08 Å². The predicted octanol–water partition coefficient (Wildman–Crippen LogP) is 3.00. The monoisotopic (exact) mass is 290 g/mol. The van der Waals surface area contributed by atoms with Crippen LogP contribution in [0.5, 0.6) is 0 Å². The fourth-order valence-corrected chi connectivity index (χ4v) is 1.56. The Balaban J connectivity index is 2.20. The van der Waals surface area contributed by atoms with E-state index in [0.717, 1.165) is 5.56 Å². The van der Waals surface area contributed by atoms with Gasteiger partial charge in [0.05, 0.1) is 11.5 Å². The Morgan fingerprint density at radius 2 is 2.10 bits per heavy atom. The minimum absolute atomic E-state index is 0.0543. The van der Waals surface area contributed by atoms with Crippen LogP contribution in [0.25, 0.3) is 0 Å². The van der Waals surface area contributed by atoms with E-state index in [1.165, 1.54) is 12.1 Å². The second-order valence-corrected chi connectivity index (χ2v) is 4.19. The molecule has 1 amide bonds. The van der Waals surface area contributed by atoms with E-state index in [9.17, 15) is 14.9 Å². The normalized spacial score (nSPS) is 10.3. The molecule has 112 valence electrons. The van der Waals surface area contributed by atoms with Crippen LogP contribution in [-0.4, -0.2) is 24.2 Å². The number of nitro benzene ring substituents is 1. The lowest BCUT2D eigenvalue weighted by Crippen LogP contribution is -2.26. The number of amides is 1. The molecular formula is C15H18N2O4. The van der Waals surface area contributed by atoms with Crippen molar-refractivity contribution in [1.29, 1.82) is 0 Å². The van der Waals surface area contributed by atoms with Crippen LogP contribution >= 0.6 is 0 Å². The summed E-state index contributed by atoms with van der Waals surface area (Å²) in [5, 5.41) is 13.1. The van der Waals surface area contributed by atoms with Crippen molar-refractivity contribution in [2.24, 2.45) is 0 Å². The SMILES string of the molecule is C=C/C=C/CCOC(=O)NCCc1ccc([N+](=O)[O-])cc1. The van der Waals surface area contributed by atoms with E-state index in [0.29, 0.717) is 26.0 Å². The van der Waals surface area contributed by atoms with E-state index in [4.69, 9.17) is 4.74 Å². The summed E-state index contributed by atoms with van der Waals surface area (Å²) in [7, 11) is 0. The average Bonchev–Trinajstić information content (AvgIpc) is 2.47. The number of hydrogen-bond donors (Lipinski definition) is 1. The minimum atomic E-state index is -0.469. The van der Waals surface area contributed by atoms with Crippen LogP contribution in [0.1, 0.15) is 12.0 Å². The molecule has 0 aliphatic heterocycles. The number of nitrogens with one attached hydrogen (secondary N) is 1. The second-order valence-electron chi connectivity index (χ2n) is 4.19.